The minimum absolute atomic E-state index is 0.0705. The molecular formula is C31H29F2N3O3. The van der Waals surface area contributed by atoms with E-state index in [1.807, 2.05) is 54.4 Å². The first-order chi connectivity index (χ1) is 18.8. The lowest BCUT2D eigenvalue weighted by Gasteiger charge is -2.31. The number of nitrogens with zero attached hydrogens (tertiary/aromatic N) is 3. The van der Waals surface area contributed by atoms with Crippen molar-refractivity contribution in [2.45, 2.75) is 51.6 Å². The summed E-state index contributed by atoms with van der Waals surface area (Å²) in [6, 6.07) is 15.3. The lowest BCUT2D eigenvalue weighted by atomic mass is 9.99. The van der Waals surface area contributed by atoms with Gasteiger partial charge in [-0.3, -0.25) is 14.6 Å². The molecule has 2 amide bonds. The van der Waals surface area contributed by atoms with Crippen LogP contribution in [0.2, 0.25) is 0 Å². The molecule has 0 atom stereocenters. The molecule has 2 aromatic heterocycles. The van der Waals surface area contributed by atoms with Gasteiger partial charge in [-0.05, 0) is 71.1 Å². The van der Waals surface area contributed by atoms with E-state index >= 15 is 0 Å². The summed E-state index contributed by atoms with van der Waals surface area (Å²) < 4.78 is 33.0. The van der Waals surface area contributed by atoms with Crippen molar-refractivity contribution in [3.05, 3.63) is 88.9 Å². The molecule has 1 saturated heterocycles. The number of aromatic nitrogens is 1. The van der Waals surface area contributed by atoms with Gasteiger partial charge in [0.05, 0.1) is 0 Å². The molecule has 0 unspecified atom stereocenters. The van der Waals surface area contributed by atoms with Crippen LogP contribution in [0.25, 0.3) is 22.1 Å². The number of benzene rings is 2. The van der Waals surface area contributed by atoms with Crippen LogP contribution in [0.1, 0.15) is 52.1 Å². The van der Waals surface area contributed by atoms with Crippen molar-refractivity contribution < 1.29 is 22.8 Å². The van der Waals surface area contributed by atoms with Gasteiger partial charge in [0, 0.05) is 75.2 Å². The molecule has 0 spiro atoms. The van der Waals surface area contributed by atoms with Crippen molar-refractivity contribution in [3.8, 4) is 11.1 Å². The predicted molar refractivity (Wildman–Crippen MR) is 143 cm³/mol. The summed E-state index contributed by atoms with van der Waals surface area (Å²) in [5, 5.41) is 0.960. The quantitative estimate of drug-likeness (QED) is 0.311. The molecule has 39 heavy (non-hydrogen) atoms. The fraction of sp³-hybridized carbons (Fsp3) is 0.323. The highest BCUT2D eigenvalue weighted by Crippen LogP contribution is 2.32. The zero-order valence-electron chi connectivity index (χ0n) is 21.8. The number of likely N-dealkylation sites (tertiary alicyclic amines) is 1. The second kappa shape index (κ2) is 9.91. The van der Waals surface area contributed by atoms with Crippen LogP contribution >= 0.6 is 0 Å². The summed E-state index contributed by atoms with van der Waals surface area (Å²) in [6.45, 7) is 3.35. The highest BCUT2D eigenvalue weighted by Gasteiger charge is 2.35. The van der Waals surface area contributed by atoms with Crippen molar-refractivity contribution >= 4 is 22.8 Å². The number of halogens is 2. The maximum Gasteiger partial charge on any atom is 0.253 e. The van der Waals surface area contributed by atoms with Gasteiger partial charge < -0.3 is 14.2 Å². The summed E-state index contributed by atoms with van der Waals surface area (Å²) in [7, 11) is 0. The summed E-state index contributed by atoms with van der Waals surface area (Å²) in [4.78, 5) is 33.1. The number of hydrogen-bond donors (Lipinski definition) is 0. The fourth-order valence-corrected chi connectivity index (χ4v) is 5.48. The predicted octanol–water partition coefficient (Wildman–Crippen LogP) is 6.15. The van der Waals surface area contributed by atoms with E-state index in [0.29, 0.717) is 31.5 Å². The molecule has 6 nitrogen and oxygen atoms in total. The third-order valence-electron chi connectivity index (χ3n) is 7.77. The van der Waals surface area contributed by atoms with Crippen LogP contribution in [0.5, 0.6) is 0 Å². The fourth-order valence-electron chi connectivity index (χ4n) is 5.48. The zero-order chi connectivity index (χ0) is 27.1. The molecule has 2 aliphatic heterocycles. The Bertz CT molecular complexity index is 1530. The first kappa shape index (κ1) is 25.2. The van der Waals surface area contributed by atoms with Gasteiger partial charge >= 0.3 is 0 Å². The average molecular weight is 530 g/mol. The molecule has 0 N–H and O–H groups in total. The van der Waals surface area contributed by atoms with Crippen molar-refractivity contribution in [2.75, 3.05) is 13.1 Å². The van der Waals surface area contributed by atoms with E-state index < -0.39 is 5.92 Å². The van der Waals surface area contributed by atoms with Gasteiger partial charge in [-0.1, -0.05) is 12.1 Å². The van der Waals surface area contributed by atoms with Crippen LogP contribution in [0.4, 0.5) is 8.78 Å². The first-order valence-corrected chi connectivity index (χ1v) is 13.3. The Balaban J connectivity index is 1.12. The number of rotatable bonds is 5. The molecule has 4 aromatic rings. The van der Waals surface area contributed by atoms with Gasteiger partial charge in [0.2, 0.25) is 5.91 Å². The number of pyridine rings is 1. The van der Waals surface area contributed by atoms with Gasteiger partial charge in [-0.2, -0.15) is 0 Å². The number of carbonyl (C=O) groups excluding carboxylic acids is 2. The number of alkyl halides is 2. The monoisotopic (exact) mass is 529 g/mol. The maximum atomic E-state index is 13.5. The molecule has 4 heterocycles. The molecule has 0 saturated carbocycles. The van der Waals surface area contributed by atoms with E-state index in [1.165, 1.54) is 4.90 Å². The zero-order valence-corrected chi connectivity index (χ0v) is 21.8. The normalized spacial score (nSPS) is 16.5. The van der Waals surface area contributed by atoms with Crippen molar-refractivity contribution in [1.82, 2.24) is 14.8 Å². The summed E-state index contributed by atoms with van der Waals surface area (Å²) in [5.74, 6) is -2.04. The third-order valence-corrected chi connectivity index (χ3v) is 7.77. The number of piperidine rings is 1. The summed E-state index contributed by atoms with van der Waals surface area (Å²) in [5.41, 5.74) is 6.47. The molecular weight excluding hydrogens is 500 g/mol. The Labute approximate surface area is 225 Å². The number of aryl methyl sites for hydroxylation is 2. The number of amides is 2. The Morgan fingerprint density at radius 1 is 0.949 bits per heavy atom. The number of fused-ring (bicyclic) bond motifs is 2. The Hall–Kier alpha value is -4.07. The minimum atomic E-state index is -2.68. The van der Waals surface area contributed by atoms with E-state index in [0.717, 1.165) is 44.5 Å². The molecule has 2 aliphatic rings. The van der Waals surface area contributed by atoms with Crippen LogP contribution in [0.3, 0.4) is 0 Å². The second-order valence-electron chi connectivity index (χ2n) is 10.5. The average Bonchev–Trinajstić information content (AvgIpc) is 3.56. The Kier molecular flexibility index (Phi) is 6.41. The second-order valence-corrected chi connectivity index (χ2v) is 10.5. The third kappa shape index (κ3) is 5.15. The smallest absolute Gasteiger partial charge is 0.253 e. The van der Waals surface area contributed by atoms with Crippen molar-refractivity contribution in [1.29, 1.82) is 0 Å². The number of furan rings is 1. The van der Waals surface area contributed by atoms with E-state index in [4.69, 9.17) is 4.42 Å². The highest BCUT2D eigenvalue weighted by atomic mass is 19.3. The molecule has 0 bridgehead atoms. The topological polar surface area (TPSA) is 66.7 Å². The lowest BCUT2D eigenvalue weighted by Crippen LogP contribution is -2.42. The molecule has 1 fully saturated rings. The van der Waals surface area contributed by atoms with Crippen LogP contribution < -0.4 is 0 Å². The SMILES string of the molecule is Cc1cc(-c2ccc(C(=O)N3CCC(F)(F)CC3)cc2)cc2cc(CCC(=O)N3Cc4ccncc4C3)oc12. The van der Waals surface area contributed by atoms with E-state index in [2.05, 4.69) is 4.98 Å². The van der Waals surface area contributed by atoms with Gasteiger partial charge in [-0.25, -0.2) is 8.78 Å². The van der Waals surface area contributed by atoms with Crippen LogP contribution in [0, 0.1) is 6.92 Å². The van der Waals surface area contributed by atoms with Gasteiger partial charge in [0.25, 0.3) is 11.8 Å². The summed E-state index contributed by atoms with van der Waals surface area (Å²) >= 11 is 0. The van der Waals surface area contributed by atoms with Crippen LogP contribution in [0.15, 0.2) is 65.3 Å². The van der Waals surface area contributed by atoms with E-state index in [9.17, 15) is 18.4 Å². The summed E-state index contributed by atoms with van der Waals surface area (Å²) in [6.07, 6.45) is 3.89. The van der Waals surface area contributed by atoms with E-state index in [1.54, 1.807) is 18.3 Å². The van der Waals surface area contributed by atoms with E-state index in [-0.39, 0.29) is 37.7 Å². The van der Waals surface area contributed by atoms with Crippen LogP contribution in [-0.4, -0.2) is 45.6 Å². The molecule has 6 rings (SSSR count). The van der Waals surface area contributed by atoms with Gasteiger partial charge in [0.15, 0.2) is 0 Å². The van der Waals surface area contributed by atoms with Crippen molar-refractivity contribution in [3.63, 3.8) is 0 Å². The first-order valence-electron chi connectivity index (χ1n) is 13.3. The van der Waals surface area contributed by atoms with Gasteiger partial charge in [-0.15, -0.1) is 0 Å². The minimum Gasteiger partial charge on any atom is -0.461 e. The number of carbonyl (C=O) groups is 2. The van der Waals surface area contributed by atoms with Crippen molar-refractivity contribution in [2.24, 2.45) is 0 Å². The maximum absolute atomic E-state index is 13.5. The molecule has 0 radical (unpaired) electrons. The van der Waals surface area contributed by atoms with Crippen LogP contribution in [-0.2, 0) is 24.3 Å². The largest absolute Gasteiger partial charge is 0.461 e. The Morgan fingerprint density at radius 3 is 2.44 bits per heavy atom. The Morgan fingerprint density at radius 2 is 1.69 bits per heavy atom. The molecule has 8 heteroatoms. The standard InChI is InChI=1S/C31H29F2N3O3/c1-20-14-24(21-2-4-22(5-3-21)30(38)35-12-9-31(32,33)10-13-35)15-25-16-27(39-29(20)25)6-7-28(37)36-18-23-8-11-34-17-26(23)19-36/h2-5,8,11,14-17H,6-7,9-10,12-13,18-19H2,1H3. The number of hydrogen-bond acceptors (Lipinski definition) is 4. The lowest BCUT2D eigenvalue weighted by molar-refractivity contribution is -0.131. The van der Waals surface area contributed by atoms with Gasteiger partial charge in [0.1, 0.15) is 11.3 Å². The molecule has 0 aliphatic carbocycles. The molecule has 2 aromatic carbocycles. The molecule has 200 valence electrons. The highest BCUT2D eigenvalue weighted by molar-refractivity contribution is 5.95.